The third-order valence-corrected chi connectivity index (χ3v) is 3.87. The summed E-state index contributed by atoms with van der Waals surface area (Å²) < 4.78 is 5.23. The summed E-state index contributed by atoms with van der Waals surface area (Å²) >= 11 is 0. The Balaban J connectivity index is 1.97. The second-order valence-corrected chi connectivity index (χ2v) is 5.62. The van der Waals surface area contributed by atoms with Crippen LogP contribution < -0.4 is 0 Å². The van der Waals surface area contributed by atoms with Crippen molar-refractivity contribution in [3.05, 3.63) is 0 Å². The van der Waals surface area contributed by atoms with Crippen molar-refractivity contribution >= 4 is 6.21 Å². The third kappa shape index (κ3) is 7.56. The van der Waals surface area contributed by atoms with Gasteiger partial charge in [-0.1, -0.05) is 45.4 Å². The van der Waals surface area contributed by atoms with Gasteiger partial charge in [-0.25, -0.2) is 0 Å². The number of ether oxygens (including phenoxy) is 1. The molecule has 0 aromatic heterocycles. The van der Waals surface area contributed by atoms with E-state index in [1.807, 2.05) is 0 Å². The molecule has 1 aliphatic rings. The molecular formula is C16H32N2O. The molecule has 0 aromatic carbocycles. The summed E-state index contributed by atoms with van der Waals surface area (Å²) in [6.07, 6.45) is 15.3. The minimum Gasteiger partial charge on any atom is -0.382 e. The Bertz CT molecular complexity index is 231. The van der Waals surface area contributed by atoms with Gasteiger partial charge in [-0.15, -0.1) is 0 Å². The van der Waals surface area contributed by atoms with Gasteiger partial charge in [0.15, 0.2) is 0 Å². The lowest BCUT2D eigenvalue weighted by atomic mass is 10.1. The number of rotatable bonds is 11. The van der Waals surface area contributed by atoms with Crippen LogP contribution in [0, 0.1) is 0 Å². The van der Waals surface area contributed by atoms with Crippen molar-refractivity contribution in [2.24, 2.45) is 5.10 Å². The van der Waals surface area contributed by atoms with Gasteiger partial charge in [0.1, 0.15) is 0 Å². The van der Waals surface area contributed by atoms with Gasteiger partial charge in [0.05, 0.1) is 12.6 Å². The van der Waals surface area contributed by atoms with Crippen LogP contribution in [0.5, 0.6) is 0 Å². The van der Waals surface area contributed by atoms with Crippen LogP contribution in [0.2, 0.25) is 0 Å². The molecule has 3 heteroatoms. The van der Waals surface area contributed by atoms with E-state index in [-0.39, 0.29) is 0 Å². The fourth-order valence-corrected chi connectivity index (χ4v) is 2.69. The third-order valence-electron chi connectivity index (χ3n) is 3.87. The molecule has 0 unspecified atom stereocenters. The van der Waals surface area contributed by atoms with E-state index in [2.05, 4.69) is 23.2 Å². The molecule has 0 spiro atoms. The Kier molecular flexibility index (Phi) is 9.78. The molecule has 3 nitrogen and oxygen atoms in total. The van der Waals surface area contributed by atoms with E-state index in [0.717, 1.165) is 19.6 Å². The molecule has 112 valence electrons. The predicted molar refractivity (Wildman–Crippen MR) is 82.7 cm³/mol. The predicted octanol–water partition coefficient (Wildman–Crippen LogP) is 4.22. The van der Waals surface area contributed by atoms with Crippen LogP contribution in [0.1, 0.15) is 71.1 Å². The number of hydrogen-bond donors (Lipinski definition) is 0. The molecule has 1 atom stereocenters. The molecule has 0 bridgehead atoms. The first-order chi connectivity index (χ1) is 9.38. The summed E-state index contributed by atoms with van der Waals surface area (Å²) in [5, 5.41) is 6.81. The summed E-state index contributed by atoms with van der Waals surface area (Å²) in [5.41, 5.74) is 0. The second-order valence-electron chi connectivity index (χ2n) is 5.62. The van der Waals surface area contributed by atoms with E-state index < -0.39 is 0 Å². The molecule has 0 aliphatic carbocycles. The first-order valence-electron chi connectivity index (χ1n) is 8.16. The maximum atomic E-state index is 5.23. The molecule has 19 heavy (non-hydrogen) atoms. The summed E-state index contributed by atoms with van der Waals surface area (Å²) in [7, 11) is 1.78. The average molecular weight is 268 g/mol. The summed E-state index contributed by atoms with van der Waals surface area (Å²) in [5.74, 6) is 0. The van der Waals surface area contributed by atoms with E-state index in [1.165, 1.54) is 57.8 Å². The van der Waals surface area contributed by atoms with Crippen molar-refractivity contribution in [3.8, 4) is 0 Å². The zero-order valence-electron chi connectivity index (χ0n) is 12.9. The fraction of sp³-hybridized carbons (Fsp3) is 0.938. The smallest absolute Gasteiger partial charge is 0.0704 e. The van der Waals surface area contributed by atoms with Crippen LogP contribution in [0.3, 0.4) is 0 Å². The molecule has 0 radical (unpaired) electrons. The van der Waals surface area contributed by atoms with E-state index in [1.54, 1.807) is 7.11 Å². The molecule has 1 saturated heterocycles. The first kappa shape index (κ1) is 16.5. The number of nitrogens with zero attached hydrogens (tertiary/aromatic N) is 2. The average Bonchev–Trinajstić information content (AvgIpc) is 2.85. The number of hydrogen-bond acceptors (Lipinski definition) is 3. The fourth-order valence-electron chi connectivity index (χ4n) is 2.69. The zero-order valence-corrected chi connectivity index (χ0v) is 12.9. The summed E-state index contributed by atoms with van der Waals surface area (Å²) in [6, 6.07) is 0.510. The zero-order chi connectivity index (χ0) is 13.8. The Labute approximate surface area is 119 Å². The van der Waals surface area contributed by atoms with Crippen LogP contribution >= 0.6 is 0 Å². The van der Waals surface area contributed by atoms with Crippen molar-refractivity contribution in [1.29, 1.82) is 0 Å². The minimum absolute atomic E-state index is 0.510. The molecule has 1 aliphatic heterocycles. The lowest BCUT2D eigenvalue weighted by Gasteiger charge is -2.20. The van der Waals surface area contributed by atoms with Crippen LogP contribution in [0.4, 0.5) is 0 Å². The molecular weight excluding hydrogens is 236 g/mol. The van der Waals surface area contributed by atoms with Crippen molar-refractivity contribution in [3.63, 3.8) is 0 Å². The van der Waals surface area contributed by atoms with Gasteiger partial charge >= 0.3 is 0 Å². The van der Waals surface area contributed by atoms with E-state index in [0.29, 0.717) is 6.04 Å². The summed E-state index contributed by atoms with van der Waals surface area (Å²) in [6.45, 7) is 4.18. The molecule has 1 heterocycles. The van der Waals surface area contributed by atoms with Crippen LogP contribution in [0.15, 0.2) is 5.10 Å². The highest BCUT2D eigenvalue weighted by Crippen LogP contribution is 2.17. The van der Waals surface area contributed by atoms with Gasteiger partial charge in [0.2, 0.25) is 0 Å². The van der Waals surface area contributed by atoms with Gasteiger partial charge in [-0.3, -0.25) is 5.01 Å². The molecule has 0 aromatic rings. The monoisotopic (exact) mass is 268 g/mol. The largest absolute Gasteiger partial charge is 0.382 e. The van der Waals surface area contributed by atoms with Crippen molar-refractivity contribution in [1.82, 2.24) is 5.01 Å². The van der Waals surface area contributed by atoms with Crippen LogP contribution in [0.25, 0.3) is 0 Å². The van der Waals surface area contributed by atoms with Crippen LogP contribution in [-0.2, 0) is 4.74 Å². The topological polar surface area (TPSA) is 24.8 Å². The van der Waals surface area contributed by atoms with E-state index in [4.69, 9.17) is 4.74 Å². The van der Waals surface area contributed by atoms with Gasteiger partial charge < -0.3 is 4.74 Å². The van der Waals surface area contributed by atoms with Gasteiger partial charge in [0.25, 0.3) is 0 Å². The molecule has 0 amide bonds. The Morgan fingerprint density at radius 3 is 2.63 bits per heavy atom. The van der Waals surface area contributed by atoms with E-state index >= 15 is 0 Å². The molecule has 0 N–H and O–H groups in total. The Hall–Kier alpha value is -0.570. The van der Waals surface area contributed by atoms with Crippen LogP contribution in [-0.4, -0.2) is 37.5 Å². The highest BCUT2D eigenvalue weighted by molar-refractivity contribution is 5.56. The van der Waals surface area contributed by atoms with E-state index in [9.17, 15) is 0 Å². The van der Waals surface area contributed by atoms with Crippen molar-refractivity contribution < 1.29 is 4.74 Å². The molecule has 0 saturated carbocycles. The Morgan fingerprint density at radius 1 is 1.16 bits per heavy atom. The SMILES string of the molecule is CCCCCCCCC/C=N/N1CCC[C@H]1COC. The lowest BCUT2D eigenvalue weighted by molar-refractivity contribution is 0.118. The quantitative estimate of drug-likeness (QED) is 0.414. The maximum Gasteiger partial charge on any atom is 0.0704 e. The van der Waals surface area contributed by atoms with Crippen molar-refractivity contribution in [2.75, 3.05) is 20.3 Å². The lowest BCUT2D eigenvalue weighted by Crippen LogP contribution is -2.28. The Morgan fingerprint density at radius 2 is 1.89 bits per heavy atom. The minimum atomic E-state index is 0.510. The van der Waals surface area contributed by atoms with Gasteiger partial charge in [0, 0.05) is 19.9 Å². The first-order valence-corrected chi connectivity index (χ1v) is 8.16. The normalized spacial score (nSPS) is 19.7. The highest BCUT2D eigenvalue weighted by Gasteiger charge is 2.22. The highest BCUT2D eigenvalue weighted by atomic mass is 16.5. The van der Waals surface area contributed by atoms with Gasteiger partial charge in [-0.2, -0.15) is 5.10 Å². The van der Waals surface area contributed by atoms with Gasteiger partial charge in [-0.05, 0) is 25.7 Å². The number of hydrazone groups is 1. The molecule has 1 rings (SSSR count). The maximum absolute atomic E-state index is 5.23. The second kappa shape index (κ2) is 11.3. The molecule has 1 fully saturated rings. The standard InChI is InChI=1S/C16H32N2O/c1-3-4-5-6-7-8-9-10-13-17-18-14-11-12-16(18)15-19-2/h13,16H,3-12,14-15H2,1-2H3/b17-13+/t16-/m0/s1. The van der Waals surface area contributed by atoms with Crippen molar-refractivity contribution in [2.45, 2.75) is 77.2 Å². The summed E-state index contributed by atoms with van der Waals surface area (Å²) in [4.78, 5) is 0. The number of unbranched alkanes of at least 4 members (excludes halogenated alkanes) is 7. The number of methoxy groups -OCH3 is 1.